The smallest absolute Gasteiger partial charge is 0.119 e. The van der Waals surface area contributed by atoms with E-state index in [1.165, 1.54) is 11.1 Å². The second-order valence-corrected chi connectivity index (χ2v) is 3.52. The van der Waals surface area contributed by atoms with Crippen LogP contribution < -0.4 is 4.74 Å². The van der Waals surface area contributed by atoms with Crippen molar-refractivity contribution < 1.29 is 4.74 Å². The lowest BCUT2D eigenvalue weighted by molar-refractivity contribution is 0.414. The van der Waals surface area contributed by atoms with E-state index in [4.69, 9.17) is 4.74 Å². The zero-order chi connectivity index (χ0) is 11.0. The van der Waals surface area contributed by atoms with Crippen LogP contribution in [0.25, 0.3) is 0 Å². The number of hydrogen-bond donors (Lipinski definition) is 0. The number of rotatable bonds is 3. The minimum atomic E-state index is 0.866. The summed E-state index contributed by atoms with van der Waals surface area (Å²) in [6, 6.07) is 6.10. The molecule has 0 spiro atoms. The predicted octanol–water partition coefficient (Wildman–Crippen LogP) is 4.51. The topological polar surface area (TPSA) is 9.23 Å². The molecule has 0 aliphatic rings. The first-order valence-corrected chi connectivity index (χ1v) is 6.83. The lowest BCUT2D eigenvalue weighted by Gasteiger charge is -2.06. The molecule has 0 aromatic heterocycles. The van der Waals surface area contributed by atoms with Gasteiger partial charge in [-0.2, -0.15) is 0 Å². The lowest BCUT2D eigenvalue weighted by atomic mass is 10.1. The fourth-order valence-corrected chi connectivity index (χ4v) is 2.05. The number of benzene rings is 1. The van der Waals surface area contributed by atoms with Crippen molar-refractivity contribution >= 4 is 31.9 Å². The van der Waals surface area contributed by atoms with E-state index in [0.717, 1.165) is 16.4 Å². The van der Waals surface area contributed by atoms with Gasteiger partial charge in [0.25, 0.3) is 0 Å². The van der Waals surface area contributed by atoms with Crippen LogP contribution in [0.3, 0.4) is 0 Å². The van der Waals surface area contributed by atoms with Crippen molar-refractivity contribution in [3.05, 3.63) is 29.3 Å². The van der Waals surface area contributed by atoms with Crippen LogP contribution in [0.2, 0.25) is 0 Å². The average Bonchev–Trinajstić information content (AvgIpc) is 2.30. The van der Waals surface area contributed by atoms with Gasteiger partial charge >= 0.3 is 0 Å². The Morgan fingerprint density at radius 1 is 1.07 bits per heavy atom. The van der Waals surface area contributed by atoms with Crippen molar-refractivity contribution in [3.63, 3.8) is 0 Å². The fourth-order valence-electron chi connectivity index (χ4n) is 0.984. The molecule has 0 N–H and O–H groups in total. The molecule has 0 saturated carbocycles. The van der Waals surface area contributed by atoms with Gasteiger partial charge in [-0.25, -0.2) is 0 Å². The number of alkyl halides is 2. The van der Waals surface area contributed by atoms with Gasteiger partial charge in [-0.3, -0.25) is 0 Å². The van der Waals surface area contributed by atoms with Gasteiger partial charge in [0, 0.05) is 10.7 Å². The lowest BCUT2D eigenvalue weighted by Crippen LogP contribution is -1.90. The summed E-state index contributed by atoms with van der Waals surface area (Å²) in [7, 11) is 1.68. The number of methoxy groups -OCH3 is 1. The number of ether oxygens (including phenoxy) is 1. The molecule has 0 saturated heterocycles. The molecule has 14 heavy (non-hydrogen) atoms. The summed E-state index contributed by atoms with van der Waals surface area (Å²) in [5, 5.41) is 1.75. The second kappa shape index (κ2) is 8.30. The minimum Gasteiger partial charge on any atom is -0.497 e. The molecule has 1 rings (SSSR count). The van der Waals surface area contributed by atoms with Crippen LogP contribution in [-0.2, 0) is 10.7 Å². The van der Waals surface area contributed by atoms with Crippen LogP contribution in [0.1, 0.15) is 25.0 Å². The summed E-state index contributed by atoms with van der Waals surface area (Å²) in [6.07, 6.45) is 0. The Kier molecular flexibility index (Phi) is 8.29. The molecule has 80 valence electrons. The van der Waals surface area contributed by atoms with Crippen LogP contribution in [0.5, 0.6) is 5.75 Å². The third-order valence-electron chi connectivity index (χ3n) is 1.70. The van der Waals surface area contributed by atoms with Gasteiger partial charge in [-0.05, 0) is 23.3 Å². The summed E-state index contributed by atoms with van der Waals surface area (Å²) in [4.78, 5) is 0. The number of halogens is 2. The Labute approximate surface area is 103 Å². The highest BCUT2D eigenvalue weighted by atomic mass is 79.9. The van der Waals surface area contributed by atoms with E-state index in [1.54, 1.807) is 7.11 Å². The second-order valence-electron chi connectivity index (χ2n) is 2.40. The molecule has 1 aromatic rings. The molecule has 0 unspecified atom stereocenters. The predicted molar refractivity (Wildman–Crippen MR) is 69.6 cm³/mol. The standard InChI is InChI=1S/C9H10Br2O.C2H6/c1-12-9-3-2-7(5-10)8(4-9)6-11;1-2/h2-4H,5-6H2,1H3;1-2H3. The molecule has 0 heterocycles. The molecule has 0 aliphatic carbocycles. The van der Waals surface area contributed by atoms with Crippen molar-refractivity contribution in [2.45, 2.75) is 24.5 Å². The Morgan fingerprint density at radius 3 is 2.07 bits per heavy atom. The molecular formula is C11H16Br2O. The van der Waals surface area contributed by atoms with Gasteiger partial charge < -0.3 is 4.74 Å². The third-order valence-corrected chi connectivity index (χ3v) is 2.91. The zero-order valence-corrected chi connectivity index (χ0v) is 12.0. The molecule has 1 nitrogen and oxygen atoms in total. The monoisotopic (exact) mass is 322 g/mol. The van der Waals surface area contributed by atoms with E-state index in [2.05, 4.69) is 37.9 Å². The molecule has 0 fully saturated rings. The average molecular weight is 324 g/mol. The van der Waals surface area contributed by atoms with Crippen molar-refractivity contribution in [2.75, 3.05) is 7.11 Å². The van der Waals surface area contributed by atoms with Gasteiger partial charge in [0.15, 0.2) is 0 Å². The Morgan fingerprint density at radius 2 is 1.64 bits per heavy atom. The molecule has 1 aromatic carbocycles. The first kappa shape index (κ1) is 14.0. The Balaban J connectivity index is 0.000000791. The molecule has 3 heteroatoms. The molecule has 0 aliphatic heterocycles. The van der Waals surface area contributed by atoms with Gasteiger partial charge in [-0.15, -0.1) is 0 Å². The van der Waals surface area contributed by atoms with E-state index in [1.807, 2.05) is 26.0 Å². The van der Waals surface area contributed by atoms with Gasteiger partial charge in [0.1, 0.15) is 5.75 Å². The summed E-state index contributed by atoms with van der Waals surface area (Å²) >= 11 is 6.87. The van der Waals surface area contributed by atoms with E-state index >= 15 is 0 Å². The minimum absolute atomic E-state index is 0.866. The molecule has 0 radical (unpaired) electrons. The largest absolute Gasteiger partial charge is 0.497 e. The van der Waals surface area contributed by atoms with E-state index < -0.39 is 0 Å². The first-order chi connectivity index (χ1) is 6.81. The van der Waals surface area contributed by atoms with Crippen molar-refractivity contribution in [2.24, 2.45) is 0 Å². The van der Waals surface area contributed by atoms with Crippen LogP contribution in [0.4, 0.5) is 0 Å². The molecule has 0 atom stereocenters. The van der Waals surface area contributed by atoms with Crippen molar-refractivity contribution in [1.29, 1.82) is 0 Å². The molecule has 0 amide bonds. The van der Waals surface area contributed by atoms with Crippen LogP contribution in [0.15, 0.2) is 18.2 Å². The highest BCUT2D eigenvalue weighted by molar-refractivity contribution is 9.09. The van der Waals surface area contributed by atoms with E-state index in [0.29, 0.717) is 0 Å². The zero-order valence-electron chi connectivity index (χ0n) is 8.81. The quantitative estimate of drug-likeness (QED) is 0.743. The van der Waals surface area contributed by atoms with Gasteiger partial charge in [-0.1, -0.05) is 51.8 Å². The molecular weight excluding hydrogens is 308 g/mol. The van der Waals surface area contributed by atoms with Crippen LogP contribution >= 0.6 is 31.9 Å². The van der Waals surface area contributed by atoms with E-state index in [-0.39, 0.29) is 0 Å². The maximum Gasteiger partial charge on any atom is 0.119 e. The Hall–Kier alpha value is -0.0200. The summed E-state index contributed by atoms with van der Waals surface area (Å²) in [6.45, 7) is 4.00. The maximum absolute atomic E-state index is 5.12. The van der Waals surface area contributed by atoms with Crippen molar-refractivity contribution in [3.8, 4) is 5.75 Å². The number of hydrogen-bond acceptors (Lipinski definition) is 1. The normalized spacial score (nSPS) is 8.93. The maximum atomic E-state index is 5.12. The molecule has 0 bridgehead atoms. The van der Waals surface area contributed by atoms with Crippen LogP contribution in [0, 0.1) is 0 Å². The van der Waals surface area contributed by atoms with Crippen molar-refractivity contribution in [1.82, 2.24) is 0 Å². The Bertz CT molecular complexity index is 261. The first-order valence-electron chi connectivity index (χ1n) is 4.59. The van der Waals surface area contributed by atoms with Gasteiger partial charge in [0.05, 0.1) is 7.11 Å². The highest BCUT2D eigenvalue weighted by Gasteiger charge is 2.01. The van der Waals surface area contributed by atoms with Gasteiger partial charge in [0.2, 0.25) is 0 Å². The van der Waals surface area contributed by atoms with E-state index in [9.17, 15) is 0 Å². The van der Waals surface area contributed by atoms with Crippen LogP contribution in [-0.4, -0.2) is 7.11 Å². The summed E-state index contributed by atoms with van der Waals surface area (Å²) in [5.41, 5.74) is 2.57. The fraction of sp³-hybridized carbons (Fsp3) is 0.455. The SMILES string of the molecule is CC.COc1ccc(CBr)c(CBr)c1. The third kappa shape index (κ3) is 4.01. The summed E-state index contributed by atoms with van der Waals surface area (Å²) in [5.74, 6) is 0.911. The summed E-state index contributed by atoms with van der Waals surface area (Å²) < 4.78 is 5.12. The highest BCUT2D eigenvalue weighted by Crippen LogP contribution is 2.21.